The molecule has 0 saturated heterocycles. The first-order valence-corrected chi connectivity index (χ1v) is 5.50. The van der Waals surface area contributed by atoms with Crippen molar-refractivity contribution in [1.29, 1.82) is 0 Å². The molecule has 1 aromatic rings. The summed E-state index contributed by atoms with van der Waals surface area (Å²) >= 11 is 0. The SMILES string of the molecule is CCN(CC)C(=O)c1cc(C(F)(F)F)ccc1O. The van der Waals surface area contributed by atoms with Gasteiger partial charge in [-0.05, 0) is 32.0 Å². The molecule has 1 aromatic carbocycles. The molecule has 0 bridgehead atoms. The first-order chi connectivity index (χ1) is 8.31. The molecule has 0 heterocycles. The summed E-state index contributed by atoms with van der Waals surface area (Å²) in [5.41, 5.74) is -1.27. The molecule has 100 valence electrons. The van der Waals surface area contributed by atoms with Crippen molar-refractivity contribution in [3.63, 3.8) is 0 Å². The summed E-state index contributed by atoms with van der Waals surface area (Å²) in [4.78, 5) is 13.2. The van der Waals surface area contributed by atoms with Gasteiger partial charge in [-0.25, -0.2) is 0 Å². The third-order valence-corrected chi connectivity index (χ3v) is 2.60. The lowest BCUT2D eigenvalue weighted by Gasteiger charge is -2.19. The van der Waals surface area contributed by atoms with Crippen molar-refractivity contribution in [3.8, 4) is 5.75 Å². The van der Waals surface area contributed by atoms with E-state index in [1.54, 1.807) is 13.8 Å². The second-order valence-electron chi connectivity index (χ2n) is 3.71. The topological polar surface area (TPSA) is 40.5 Å². The van der Waals surface area contributed by atoms with Crippen molar-refractivity contribution in [2.45, 2.75) is 20.0 Å². The number of halogens is 3. The Morgan fingerprint density at radius 1 is 1.28 bits per heavy atom. The zero-order valence-electron chi connectivity index (χ0n) is 10.1. The standard InChI is InChI=1S/C12H14F3NO2/c1-3-16(4-2)11(18)9-7-8(12(13,14)15)5-6-10(9)17/h5-7,17H,3-4H2,1-2H3. The quantitative estimate of drug-likeness (QED) is 0.908. The van der Waals surface area contributed by atoms with E-state index in [9.17, 15) is 23.1 Å². The predicted octanol–water partition coefficient (Wildman–Crippen LogP) is 2.89. The first-order valence-electron chi connectivity index (χ1n) is 5.50. The molecule has 0 atom stereocenters. The number of phenolic OH excluding ortho intramolecular Hbond substituents is 1. The summed E-state index contributed by atoms with van der Waals surface area (Å²) in [6.45, 7) is 4.16. The zero-order valence-corrected chi connectivity index (χ0v) is 10.1. The Balaban J connectivity index is 3.19. The summed E-state index contributed by atoms with van der Waals surface area (Å²) in [5.74, 6) is -1.05. The molecule has 0 aliphatic rings. The molecule has 1 amide bonds. The van der Waals surface area contributed by atoms with Crippen LogP contribution in [-0.4, -0.2) is 29.0 Å². The van der Waals surface area contributed by atoms with Crippen LogP contribution in [-0.2, 0) is 6.18 Å². The number of phenols is 1. The van der Waals surface area contributed by atoms with E-state index >= 15 is 0 Å². The molecule has 0 spiro atoms. The van der Waals surface area contributed by atoms with Crippen LogP contribution in [0.15, 0.2) is 18.2 Å². The lowest BCUT2D eigenvalue weighted by Crippen LogP contribution is -2.30. The van der Waals surface area contributed by atoms with Crippen molar-refractivity contribution in [2.75, 3.05) is 13.1 Å². The average molecular weight is 261 g/mol. The minimum atomic E-state index is -4.54. The lowest BCUT2D eigenvalue weighted by atomic mass is 10.1. The number of rotatable bonds is 3. The molecular formula is C12H14F3NO2. The van der Waals surface area contributed by atoms with Gasteiger partial charge in [0.2, 0.25) is 0 Å². The number of carbonyl (C=O) groups is 1. The highest BCUT2D eigenvalue weighted by Crippen LogP contribution is 2.32. The number of hydrogen-bond donors (Lipinski definition) is 1. The number of amides is 1. The fourth-order valence-electron chi connectivity index (χ4n) is 1.56. The van der Waals surface area contributed by atoms with Gasteiger partial charge in [-0.15, -0.1) is 0 Å². The minimum absolute atomic E-state index is 0.325. The van der Waals surface area contributed by atoms with Crippen LogP contribution in [0.5, 0.6) is 5.75 Å². The lowest BCUT2D eigenvalue weighted by molar-refractivity contribution is -0.137. The van der Waals surface area contributed by atoms with Crippen LogP contribution in [0.4, 0.5) is 13.2 Å². The van der Waals surface area contributed by atoms with Gasteiger partial charge in [0.05, 0.1) is 11.1 Å². The Morgan fingerprint density at radius 3 is 2.28 bits per heavy atom. The Morgan fingerprint density at radius 2 is 1.83 bits per heavy atom. The van der Waals surface area contributed by atoms with Gasteiger partial charge in [0.25, 0.3) is 5.91 Å². The van der Waals surface area contributed by atoms with E-state index in [0.29, 0.717) is 19.2 Å². The summed E-state index contributed by atoms with van der Waals surface area (Å²) in [6.07, 6.45) is -4.54. The van der Waals surface area contributed by atoms with Gasteiger partial charge in [-0.3, -0.25) is 4.79 Å². The minimum Gasteiger partial charge on any atom is -0.507 e. The van der Waals surface area contributed by atoms with Crippen LogP contribution in [0.1, 0.15) is 29.8 Å². The van der Waals surface area contributed by atoms with Crippen LogP contribution in [0.3, 0.4) is 0 Å². The van der Waals surface area contributed by atoms with Gasteiger partial charge >= 0.3 is 6.18 Å². The number of carbonyl (C=O) groups excluding carboxylic acids is 1. The molecule has 0 unspecified atom stereocenters. The van der Waals surface area contributed by atoms with Gasteiger partial charge in [-0.2, -0.15) is 13.2 Å². The molecule has 0 saturated carbocycles. The monoisotopic (exact) mass is 261 g/mol. The predicted molar refractivity (Wildman–Crippen MR) is 60.4 cm³/mol. The van der Waals surface area contributed by atoms with Crippen LogP contribution in [0.2, 0.25) is 0 Å². The Labute approximate surface area is 103 Å². The fraction of sp³-hybridized carbons (Fsp3) is 0.417. The Hall–Kier alpha value is -1.72. The second-order valence-corrected chi connectivity index (χ2v) is 3.71. The van der Waals surface area contributed by atoms with Gasteiger partial charge in [-0.1, -0.05) is 0 Å². The van der Waals surface area contributed by atoms with E-state index in [1.165, 1.54) is 4.90 Å². The summed E-state index contributed by atoms with van der Waals surface area (Å²) in [7, 11) is 0. The molecule has 18 heavy (non-hydrogen) atoms. The largest absolute Gasteiger partial charge is 0.507 e. The van der Waals surface area contributed by atoms with Crippen LogP contribution in [0.25, 0.3) is 0 Å². The van der Waals surface area contributed by atoms with Gasteiger partial charge in [0.15, 0.2) is 0 Å². The molecule has 0 aromatic heterocycles. The highest BCUT2D eigenvalue weighted by atomic mass is 19.4. The van der Waals surface area contributed by atoms with Crippen molar-refractivity contribution < 1.29 is 23.1 Å². The average Bonchev–Trinajstić information content (AvgIpc) is 2.29. The third kappa shape index (κ3) is 2.94. The molecule has 1 N–H and O–H groups in total. The molecule has 6 heteroatoms. The maximum absolute atomic E-state index is 12.5. The van der Waals surface area contributed by atoms with Crippen LogP contribution < -0.4 is 0 Å². The Bertz CT molecular complexity index is 439. The van der Waals surface area contributed by atoms with Crippen LogP contribution in [0, 0.1) is 0 Å². The maximum Gasteiger partial charge on any atom is 0.416 e. The smallest absolute Gasteiger partial charge is 0.416 e. The fourth-order valence-corrected chi connectivity index (χ4v) is 1.56. The van der Waals surface area contributed by atoms with Crippen molar-refractivity contribution in [2.24, 2.45) is 0 Å². The van der Waals surface area contributed by atoms with Crippen molar-refractivity contribution >= 4 is 5.91 Å². The summed E-state index contributed by atoms with van der Waals surface area (Å²) < 4.78 is 37.6. The third-order valence-electron chi connectivity index (χ3n) is 2.60. The molecule has 1 rings (SSSR count). The number of hydrogen-bond acceptors (Lipinski definition) is 2. The first kappa shape index (κ1) is 14.3. The molecular weight excluding hydrogens is 247 g/mol. The Kier molecular flexibility index (Phi) is 4.21. The molecule has 0 fully saturated rings. The highest BCUT2D eigenvalue weighted by Gasteiger charge is 2.32. The number of benzene rings is 1. The van der Waals surface area contributed by atoms with E-state index < -0.39 is 23.4 Å². The highest BCUT2D eigenvalue weighted by molar-refractivity contribution is 5.97. The summed E-state index contributed by atoms with van der Waals surface area (Å²) in [6, 6.07) is 2.31. The van der Waals surface area contributed by atoms with E-state index in [4.69, 9.17) is 0 Å². The second kappa shape index (κ2) is 5.29. The van der Waals surface area contributed by atoms with Crippen LogP contribution >= 0.6 is 0 Å². The van der Waals surface area contributed by atoms with Gasteiger partial charge in [0, 0.05) is 13.1 Å². The van der Waals surface area contributed by atoms with Crippen molar-refractivity contribution in [3.05, 3.63) is 29.3 Å². The van der Waals surface area contributed by atoms with E-state index in [0.717, 1.165) is 12.1 Å². The van der Waals surface area contributed by atoms with Gasteiger partial charge < -0.3 is 10.0 Å². The van der Waals surface area contributed by atoms with E-state index in [2.05, 4.69) is 0 Å². The normalized spacial score (nSPS) is 11.4. The molecule has 0 aliphatic carbocycles. The van der Waals surface area contributed by atoms with Gasteiger partial charge in [0.1, 0.15) is 5.75 Å². The van der Waals surface area contributed by atoms with Crippen molar-refractivity contribution in [1.82, 2.24) is 4.90 Å². The maximum atomic E-state index is 12.5. The number of aromatic hydroxyl groups is 1. The number of nitrogens with zero attached hydrogens (tertiary/aromatic N) is 1. The molecule has 0 aliphatic heterocycles. The molecule has 3 nitrogen and oxygen atoms in total. The zero-order chi connectivity index (χ0) is 13.9. The summed E-state index contributed by atoms with van der Waals surface area (Å²) in [5, 5.41) is 9.50. The van der Waals surface area contributed by atoms with E-state index in [-0.39, 0.29) is 5.56 Å². The molecule has 0 radical (unpaired) electrons. The number of alkyl halides is 3. The van der Waals surface area contributed by atoms with E-state index in [1.807, 2.05) is 0 Å².